The maximum absolute atomic E-state index is 12.7. The van der Waals surface area contributed by atoms with Gasteiger partial charge in [0.05, 0.1) is 0 Å². The van der Waals surface area contributed by atoms with Crippen molar-refractivity contribution in [2.45, 2.75) is 57.4 Å². The molecule has 2 aromatic rings. The Bertz CT molecular complexity index is 826. The zero-order chi connectivity index (χ0) is 18.4. The van der Waals surface area contributed by atoms with Crippen molar-refractivity contribution < 1.29 is 9.21 Å². The molecule has 2 heterocycles. The highest BCUT2D eigenvalue weighted by molar-refractivity contribution is 5.83. The number of hydrogen-bond acceptors (Lipinski definition) is 5. The summed E-state index contributed by atoms with van der Waals surface area (Å²) in [4.78, 5) is 14.7. The highest BCUT2D eigenvalue weighted by Crippen LogP contribution is 2.53. The number of benzene rings is 1. The molecule has 2 aliphatic carbocycles. The molecule has 1 amide bonds. The van der Waals surface area contributed by atoms with Crippen LogP contribution in [0.2, 0.25) is 0 Å². The van der Waals surface area contributed by atoms with E-state index in [1.807, 2.05) is 24.0 Å². The molecular formula is C21H26N4O2. The maximum atomic E-state index is 12.7. The van der Waals surface area contributed by atoms with Gasteiger partial charge in [0.15, 0.2) is 0 Å². The van der Waals surface area contributed by atoms with Crippen molar-refractivity contribution in [3.63, 3.8) is 0 Å². The van der Waals surface area contributed by atoms with Crippen LogP contribution in [0.3, 0.4) is 0 Å². The van der Waals surface area contributed by atoms with Crippen molar-refractivity contribution >= 4 is 11.9 Å². The Morgan fingerprint density at radius 2 is 1.85 bits per heavy atom. The van der Waals surface area contributed by atoms with E-state index in [1.165, 1.54) is 31.2 Å². The van der Waals surface area contributed by atoms with Crippen LogP contribution >= 0.6 is 0 Å². The SMILES string of the molecule is C[C@@H](Nc1nnc(-c2ccc(C3CC3)cc2)o1)C(=O)N1CCC2(CC1)CC2. The van der Waals surface area contributed by atoms with E-state index in [0.717, 1.165) is 37.4 Å². The molecule has 2 saturated carbocycles. The Labute approximate surface area is 159 Å². The van der Waals surface area contributed by atoms with Gasteiger partial charge in [-0.3, -0.25) is 4.79 Å². The highest BCUT2D eigenvalue weighted by atomic mass is 16.4. The molecule has 1 spiro atoms. The summed E-state index contributed by atoms with van der Waals surface area (Å²) in [5.74, 6) is 1.32. The minimum atomic E-state index is -0.371. The summed E-state index contributed by atoms with van der Waals surface area (Å²) < 4.78 is 5.73. The fourth-order valence-electron chi connectivity index (χ4n) is 4.11. The maximum Gasteiger partial charge on any atom is 0.316 e. The van der Waals surface area contributed by atoms with Gasteiger partial charge in [-0.25, -0.2) is 0 Å². The van der Waals surface area contributed by atoms with E-state index < -0.39 is 0 Å². The molecule has 1 saturated heterocycles. The normalized spacial score (nSPS) is 21.9. The molecule has 1 aromatic heterocycles. The summed E-state index contributed by atoms with van der Waals surface area (Å²) in [6.07, 6.45) is 7.56. The van der Waals surface area contributed by atoms with Crippen LogP contribution in [0.4, 0.5) is 6.01 Å². The lowest BCUT2D eigenvalue weighted by Gasteiger charge is -2.33. The van der Waals surface area contributed by atoms with Gasteiger partial charge in [-0.2, -0.15) is 0 Å². The van der Waals surface area contributed by atoms with Crippen LogP contribution in [0.15, 0.2) is 28.7 Å². The van der Waals surface area contributed by atoms with E-state index >= 15 is 0 Å². The standard InChI is InChI=1S/C21H26N4O2/c1-14(19(26)25-12-10-21(8-9-21)11-13-25)22-20-24-23-18(27-20)17-6-4-16(5-7-17)15-2-3-15/h4-7,14-15H,2-3,8-13H2,1H3,(H,22,24)/t14-/m1/s1. The second-order valence-corrected chi connectivity index (χ2v) is 8.50. The Morgan fingerprint density at radius 3 is 2.48 bits per heavy atom. The molecule has 0 bridgehead atoms. The predicted molar refractivity (Wildman–Crippen MR) is 102 cm³/mol. The van der Waals surface area contributed by atoms with Gasteiger partial charge in [0.2, 0.25) is 11.8 Å². The van der Waals surface area contributed by atoms with E-state index in [-0.39, 0.29) is 11.9 Å². The number of likely N-dealkylation sites (tertiary alicyclic amines) is 1. The first kappa shape index (κ1) is 16.8. The van der Waals surface area contributed by atoms with E-state index in [9.17, 15) is 4.79 Å². The molecule has 27 heavy (non-hydrogen) atoms. The molecule has 5 rings (SSSR count). The van der Waals surface area contributed by atoms with Crippen LogP contribution in [-0.4, -0.2) is 40.1 Å². The largest absolute Gasteiger partial charge is 0.403 e. The summed E-state index contributed by atoms with van der Waals surface area (Å²) in [5, 5.41) is 11.3. The van der Waals surface area contributed by atoms with Crippen molar-refractivity contribution in [3.8, 4) is 11.5 Å². The lowest BCUT2D eigenvalue weighted by molar-refractivity contribution is -0.133. The Balaban J connectivity index is 1.20. The third-order valence-corrected chi connectivity index (χ3v) is 6.43. The Hall–Kier alpha value is -2.37. The van der Waals surface area contributed by atoms with Gasteiger partial charge in [0, 0.05) is 18.7 Å². The third-order valence-electron chi connectivity index (χ3n) is 6.43. The molecule has 1 aliphatic heterocycles. The number of aromatic nitrogens is 2. The fourth-order valence-corrected chi connectivity index (χ4v) is 4.11. The van der Waals surface area contributed by atoms with Crippen molar-refractivity contribution in [2.24, 2.45) is 5.41 Å². The van der Waals surface area contributed by atoms with E-state index in [1.54, 1.807) is 0 Å². The third kappa shape index (κ3) is 3.45. The highest BCUT2D eigenvalue weighted by Gasteiger charge is 2.45. The van der Waals surface area contributed by atoms with Crippen LogP contribution in [-0.2, 0) is 4.79 Å². The summed E-state index contributed by atoms with van der Waals surface area (Å²) in [5.41, 5.74) is 2.86. The molecule has 1 aromatic carbocycles. The van der Waals surface area contributed by atoms with Crippen molar-refractivity contribution in [1.29, 1.82) is 0 Å². The van der Waals surface area contributed by atoms with Crippen LogP contribution in [0.5, 0.6) is 0 Å². The summed E-state index contributed by atoms with van der Waals surface area (Å²) >= 11 is 0. The number of amides is 1. The first-order valence-electron chi connectivity index (χ1n) is 10.1. The molecule has 0 unspecified atom stereocenters. The number of hydrogen-bond donors (Lipinski definition) is 1. The van der Waals surface area contributed by atoms with Gasteiger partial charge in [0.25, 0.3) is 0 Å². The van der Waals surface area contributed by atoms with Crippen LogP contribution < -0.4 is 5.32 Å². The Kier molecular flexibility index (Phi) is 3.95. The number of anilines is 1. The van der Waals surface area contributed by atoms with Crippen LogP contribution in [0.1, 0.15) is 56.9 Å². The molecule has 3 aliphatic rings. The smallest absolute Gasteiger partial charge is 0.316 e. The zero-order valence-corrected chi connectivity index (χ0v) is 15.8. The van der Waals surface area contributed by atoms with Crippen molar-refractivity contribution in [3.05, 3.63) is 29.8 Å². The molecular weight excluding hydrogens is 340 g/mol. The van der Waals surface area contributed by atoms with Crippen molar-refractivity contribution in [2.75, 3.05) is 18.4 Å². The fraction of sp³-hybridized carbons (Fsp3) is 0.571. The molecule has 142 valence electrons. The summed E-state index contributed by atoms with van der Waals surface area (Å²) in [6.45, 7) is 3.60. The van der Waals surface area contributed by atoms with E-state index in [0.29, 0.717) is 17.3 Å². The number of carbonyl (C=O) groups excluding carboxylic acids is 1. The molecule has 6 heteroatoms. The van der Waals surface area contributed by atoms with Gasteiger partial charge < -0.3 is 14.6 Å². The number of carbonyl (C=O) groups is 1. The quantitative estimate of drug-likeness (QED) is 0.871. The lowest BCUT2D eigenvalue weighted by Crippen LogP contribution is -2.45. The average Bonchev–Trinajstić information content (AvgIpc) is 3.62. The van der Waals surface area contributed by atoms with Gasteiger partial charge in [-0.1, -0.05) is 17.2 Å². The van der Waals surface area contributed by atoms with Gasteiger partial charge in [-0.05, 0) is 74.5 Å². The van der Waals surface area contributed by atoms with Crippen LogP contribution in [0, 0.1) is 5.41 Å². The lowest BCUT2D eigenvalue weighted by atomic mass is 9.93. The van der Waals surface area contributed by atoms with E-state index in [2.05, 4.69) is 27.6 Å². The summed E-state index contributed by atoms with van der Waals surface area (Å²) in [6, 6.07) is 8.26. The van der Waals surface area contributed by atoms with Gasteiger partial charge >= 0.3 is 6.01 Å². The van der Waals surface area contributed by atoms with Crippen molar-refractivity contribution in [1.82, 2.24) is 15.1 Å². The van der Waals surface area contributed by atoms with Gasteiger partial charge in [0.1, 0.15) is 6.04 Å². The first-order chi connectivity index (χ1) is 13.1. The number of nitrogens with zero attached hydrogens (tertiary/aromatic N) is 3. The molecule has 6 nitrogen and oxygen atoms in total. The molecule has 0 radical (unpaired) electrons. The predicted octanol–water partition coefficient (Wildman–Crippen LogP) is 3.82. The number of nitrogens with one attached hydrogen (secondary N) is 1. The monoisotopic (exact) mass is 366 g/mol. The second-order valence-electron chi connectivity index (χ2n) is 8.50. The topological polar surface area (TPSA) is 71.3 Å². The average molecular weight is 366 g/mol. The number of rotatable bonds is 5. The minimum absolute atomic E-state index is 0.110. The van der Waals surface area contributed by atoms with Crippen LogP contribution in [0.25, 0.3) is 11.5 Å². The molecule has 1 atom stereocenters. The second kappa shape index (κ2) is 6.36. The molecule has 1 N–H and O–H groups in total. The first-order valence-corrected chi connectivity index (χ1v) is 10.1. The summed E-state index contributed by atoms with van der Waals surface area (Å²) in [7, 11) is 0. The minimum Gasteiger partial charge on any atom is -0.403 e. The zero-order valence-electron chi connectivity index (χ0n) is 15.8. The Morgan fingerprint density at radius 1 is 1.15 bits per heavy atom. The molecule has 3 fully saturated rings. The van der Waals surface area contributed by atoms with Gasteiger partial charge in [-0.15, -0.1) is 5.10 Å². The number of piperidine rings is 1. The van der Waals surface area contributed by atoms with E-state index in [4.69, 9.17) is 4.42 Å².